The van der Waals surface area contributed by atoms with Gasteiger partial charge in [0.15, 0.2) is 5.17 Å². The number of benzene rings is 2. The molecule has 0 bridgehead atoms. The van der Waals surface area contributed by atoms with E-state index < -0.39 is 5.25 Å². The highest BCUT2D eigenvalue weighted by atomic mass is 79.9. The van der Waals surface area contributed by atoms with Gasteiger partial charge in [0.05, 0.1) is 11.4 Å². The van der Waals surface area contributed by atoms with E-state index in [0.717, 1.165) is 21.3 Å². The van der Waals surface area contributed by atoms with Crippen LogP contribution in [0.5, 0.6) is 0 Å². The Labute approximate surface area is 171 Å². The summed E-state index contributed by atoms with van der Waals surface area (Å²) in [5.41, 5.74) is 3.75. The van der Waals surface area contributed by atoms with Crippen LogP contribution in [-0.4, -0.2) is 34.2 Å². The molecule has 1 fully saturated rings. The van der Waals surface area contributed by atoms with Crippen molar-refractivity contribution in [1.82, 2.24) is 4.90 Å². The lowest BCUT2D eigenvalue weighted by Crippen LogP contribution is -2.30. The van der Waals surface area contributed by atoms with Gasteiger partial charge in [0.25, 0.3) is 0 Å². The highest BCUT2D eigenvalue weighted by molar-refractivity contribution is 9.10. The normalized spacial score (nSPS) is 18.2. The number of para-hydroxylation sites is 1. The number of carbonyl (C=O) groups excluding carboxylic acids is 2. The van der Waals surface area contributed by atoms with Crippen LogP contribution in [0.2, 0.25) is 0 Å². The van der Waals surface area contributed by atoms with Gasteiger partial charge >= 0.3 is 0 Å². The number of amidine groups is 1. The predicted molar refractivity (Wildman–Crippen MR) is 115 cm³/mol. The molecule has 140 valence electrons. The SMILES string of the molecule is Cc1cc(C)cc(N=C2SC(CC(=O)Nc3ccccc3Br)C(=O)N2C)c1. The highest BCUT2D eigenvalue weighted by Crippen LogP contribution is 2.31. The number of halogens is 1. The van der Waals surface area contributed by atoms with Crippen LogP contribution in [0, 0.1) is 13.8 Å². The Bertz CT molecular complexity index is 909. The van der Waals surface area contributed by atoms with E-state index in [9.17, 15) is 9.59 Å². The lowest BCUT2D eigenvalue weighted by molar-refractivity contribution is -0.127. The summed E-state index contributed by atoms with van der Waals surface area (Å²) in [4.78, 5) is 31.0. The fraction of sp³-hybridized carbons (Fsp3) is 0.250. The molecule has 1 aliphatic heterocycles. The molecule has 1 N–H and O–H groups in total. The first kappa shape index (κ1) is 19.6. The minimum absolute atomic E-state index is 0.0983. The second-order valence-corrected chi connectivity index (χ2v) is 8.50. The summed E-state index contributed by atoms with van der Waals surface area (Å²) >= 11 is 4.73. The zero-order chi connectivity index (χ0) is 19.6. The van der Waals surface area contributed by atoms with Gasteiger partial charge in [-0.3, -0.25) is 14.5 Å². The molecule has 7 heteroatoms. The first-order valence-corrected chi connectivity index (χ1v) is 10.2. The van der Waals surface area contributed by atoms with Crippen LogP contribution in [-0.2, 0) is 9.59 Å². The smallest absolute Gasteiger partial charge is 0.242 e. The van der Waals surface area contributed by atoms with Crippen molar-refractivity contribution in [3.05, 3.63) is 58.1 Å². The Morgan fingerprint density at radius 3 is 2.56 bits per heavy atom. The second kappa shape index (κ2) is 8.27. The third-order valence-corrected chi connectivity index (χ3v) is 6.01. The molecule has 27 heavy (non-hydrogen) atoms. The summed E-state index contributed by atoms with van der Waals surface area (Å²) in [5, 5.41) is 2.99. The van der Waals surface area contributed by atoms with Crippen LogP contribution in [0.1, 0.15) is 17.5 Å². The first-order valence-electron chi connectivity index (χ1n) is 8.49. The number of hydrogen-bond acceptors (Lipinski definition) is 4. The fourth-order valence-corrected chi connectivity index (χ4v) is 4.39. The Hall–Kier alpha value is -2.12. The van der Waals surface area contributed by atoms with Crippen molar-refractivity contribution in [2.45, 2.75) is 25.5 Å². The van der Waals surface area contributed by atoms with Gasteiger partial charge in [-0.1, -0.05) is 30.0 Å². The number of nitrogens with one attached hydrogen (secondary N) is 1. The van der Waals surface area contributed by atoms with Crippen LogP contribution in [0.25, 0.3) is 0 Å². The van der Waals surface area contributed by atoms with Crippen LogP contribution >= 0.6 is 27.7 Å². The number of anilines is 1. The van der Waals surface area contributed by atoms with E-state index in [4.69, 9.17) is 0 Å². The third-order valence-electron chi connectivity index (χ3n) is 4.09. The molecule has 5 nitrogen and oxygen atoms in total. The molecule has 1 unspecified atom stereocenters. The minimum Gasteiger partial charge on any atom is -0.325 e. The van der Waals surface area contributed by atoms with Crippen molar-refractivity contribution in [2.75, 3.05) is 12.4 Å². The van der Waals surface area contributed by atoms with Crippen molar-refractivity contribution in [1.29, 1.82) is 0 Å². The Morgan fingerprint density at radius 1 is 1.22 bits per heavy atom. The van der Waals surface area contributed by atoms with Crippen LogP contribution in [0.4, 0.5) is 11.4 Å². The molecule has 1 atom stereocenters. The number of aryl methyl sites for hydroxylation is 2. The van der Waals surface area contributed by atoms with Gasteiger partial charge in [0.2, 0.25) is 11.8 Å². The van der Waals surface area contributed by atoms with Crippen molar-refractivity contribution in [3.8, 4) is 0 Å². The van der Waals surface area contributed by atoms with E-state index in [0.29, 0.717) is 10.9 Å². The molecular formula is C20H20BrN3O2S. The number of amides is 2. The monoisotopic (exact) mass is 445 g/mol. The van der Waals surface area contributed by atoms with Crippen molar-refractivity contribution in [2.24, 2.45) is 4.99 Å². The summed E-state index contributed by atoms with van der Waals surface area (Å²) in [7, 11) is 1.70. The number of hydrogen-bond donors (Lipinski definition) is 1. The lowest BCUT2D eigenvalue weighted by Gasteiger charge is -2.10. The molecule has 2 amide bonds. The maximum atomic E-state index is 12.5. The number of aliphatic imine (C=N–C) groups is 1. The molecule has 3 rings (SSSR count). The van der Waals surface area contributed by atoms with Gasteiger partial charge in [-0.15, -0.1) is 0 Å². The van der Waals surface area contributed by atoms with Crippen LogP contribution in [0.15, 0.2) is 51.9 Å². The molecule has 1 heterocycles. The van der Waals surface area contributed by atoms with E-state index in [1.807, 2.05) is 50.2 Å². The molecule has 0 aliphatic carbocycles. The molecule has 2 aromatic carbocycles. The summed E-state index contributed by atoms with van der Waals surface area (Å²) in [6, 6.07) is 13.4. The Kier molecular flexibility index (Phi) is 6.01. The third kappa shape index (κ3) is 4.78. The molecule has 0 spiro atoms. The summed E-state index contributed by atoms with van der Waals surface area (Å²) in [5.74, 6) is -0.306. The van der Waals surface area contributed by atoms with Crippen LogP contribution < -0.4 is 5.32 Å². The number of carbonyl (C=O) groups is 2. The van der Waals surface area contributed by atoms with Gasteiger partial charge in [0, 0.05) is 17.9 Å². The maximum absolute atomic E-state index is 12.5. The van der Waals surface area contributed by atoms with E-state index in [1.165, 1.54) is 16.7 Å². The summed E-state index contributed by atoms with van der Waals surface area (Å²) in [6.45, 7) is 4.03. The lowest BCUT2D eigenvalue weighted by atomic mass is 10.1. The quantitative estimate of drug-likeness (QED) is 0.744. The average molecular weight is 446 g/mol. The second-order valence-electron chi connectivity index (χ2n) is 6.48. The fourth-order valence-electron chi connectivity index (χ4n) is 2.86. The average Bonchev–Trinajstić information content (AvgIpc) is 2.84. The summed E-state index contributed by atoms with van der Waals surface area (Å²) in [6.07, 6.45) is 0.0983. The van der Waals surface area contributed by atoms with E-state index in [1.54, 1.807) is 7.05 Å². The molecule has 1 saturated heterocycles. The Balaban J connectivity index is 1.71. The maximum Gasteiger partial charge on any atom is 0.242 e. The molecular weight excluding hydrogens is 426 g/mol. The largest absolute Gasteiger partial charge is 0.325 e. The molecule has 0 radical (unpaired) electrons. The highest BCUT2D eigenvalue weighted by Gasteiger charge is 2.37. The van der Waals surface area contributed by atoms with E-state index in [-0.39, 0.29) is 18.2 Å². The van der Waals surface area contributed by atoms with Crippen LogP contribution in [0.3, 0.4) is 0 Å². The van der Waals surface area contributed by atoms with Crippen molar-refractivity contribution >= 4 is 56.0 Å². The van der Waals surface area contributed by atoms with E-state index >= 15 is 0 Å². The zero-order valence-corrected chi connectivity index (χ0v) is 17.7. The van der Waals surface area contributed by atoms with Crippen molar-refractivity contribution < 1.29 is 9.59 Å². The minimum atomic E-state index is -0.470. The first-order chi connectivity index (χ1) is 12.8. The molecule has 0 saturated carbocycles. The number of nitrogens with zero attached hydrogens (tertiary/aromatic N) is 2. The topological polar surface area (TPSA) is 61.8 Å². The van der Waals surface area contributed by atoms with Gasteiger partial charge in [-0.25, -0.2) is 4.99 Å². The molecule has 1 aliphatic rings. The van der Waals surface area contributed by atoms with Gasteiger partial charge in [0.1, 0.15) is 5.25 Å². The predicted octanol–water partition coefficient (Wildman–Crippen LogP) is 4.66. The van der Waals surface area contributed by atoms with Gasteiger partial charge in [-0.05, 0) is 65.2 Å². The summed E-state index contributed by atoms with van der Waals surface area (Å²) < 4.78 is 0.804. The van der Waals surface area contributed by atoms with Gasteiger partial charge in [-0.2, -0.15) is 0 Å². The number of rotatable bonds is 4. The molecule has 2 aromatic rings. The zero-order valence-electron chi connectivity index (χ0n) is 15.3. The Morgan fingerprint density at radius 2 is 1.89 bits per heavy atom. The van der Waals surface area contributed by atoms with E-state index in [2.05, 4.69) is 32.3 Å². The molecule has 0 aromatic heterocycles. The van der Waals surface area contributed by atoms with Gasteiger partial charge < -0.3 is 5.32 Å². The number of thioether (sulfide) groups is 1. The standard InChI is InChI=1S/C20H20BrN3O2S/c1-12-8-13(2)10-14(9-12)22-20-24(3)19(26)17(27-20)11-18(25)23-16-7-5-4-6-15(16)21/h4-10,17H,11H2,1-3H3,(H,23,25). The van der Waals surface area contributed by atoms with Crippen molar-refractivity contribution in [3.63, 3.8) is 0 Å².